The van der Waals surface area contributed by atoms with Crippen LogP contribution in [-0.4, -0.2) is 32.4 Å². The van der Waals surface area contributed by atoms with Crippen molar-refractivity contribution in [1.82, 2.24) is 5.32 Å². The van der Waals surface area contributed by atoms with E-state index in [9.17, 15) is 0 Å². The van der Waals surface area contributed by atoms with E-state index >= 15 is 0 Å². The second-order valence-corrected chi connectivity index (χ2v) is 4.76. The summed E-state index contributed by atoms with van der Waals surface area (Å²) in [6, 6.07) is 6.40. The van der Waals surface area contributed by atoms with E-state index in [0.717, 1.165) is 31.9 Å². The molecule has 0 saturated carbocycles. The van der Waals surface area contributed by atoms with Crippen molar-refractivity contribution >= 4 is 0 Å². The van der Waals surface area contributed by atoms with Crippen LogP contribution >= 0.6 is 0 Å². The van der Waals surface area contributed by atoms with E-state index < -0.39 is 0 Å². The third-order valence-corrected chi connectivity index (χ3v) is 3.53. The van der Waals surface area contributed by atoms with Crippen molar-refractivity contribution in [3.8, 4) is 5.75 Å². The molecule has 92 valence electrons. The molecule has 1 saturated heterocycles. The first-order chi connectivity index (χ1) is 8.43. The molecule has 1 aromatic carbocycles. The summed E-state index contributed by atoms with van der Waals surface area (Å²) in [5.41, 5.74) is 2.88. The number of fused-ring (bicyclic) bond motifs is 1. The Bertz CT molecular complexity index is 386. The highest BCUT2D eigenvalue weighted by molar-refractivity contribution is 5.43. The van der Waals surface area contributed by atoms with Crippen LogP contribution in [0.3, 0.4) is 0 Å². The quantitative estimate of drug-likeness (QED) is 0.859. The Hall–Kier alpha value is -1.06. The fourth-order valence-electron chi connectivity index (χ4n) is 2.63. The van der Waals surface area contributed by atoms with Gasteiger partial charge in [-0.15, -0.1) is 0 Å². The van der Waals surface area contributed by atoms with Gasteiger partial charge in [0.05, 0.1) is 6.61 Å². The van der Waals surface area contributed by atoms with Crippen molar-refractivity contribution in [1.29, 1.82) is 0 Å². The SMILES string of the molecule is c1cc2c(c(OC[C@@H]3CNCCO3)c1)CCC2. The first kappa shape index (κ1) is 11.1. The average Bonchev–Trinajstić information content (AvgIpc) is 2.86. The molecule has 0 radical (unpaired) electrons. The topological polar surface area (TPSA) is 30.5 Å². The van der Waals surface area contributed by atoms with Gasteiger partial charge >= 0.3 is 0 Å². The molecule has 0 unspecified atom stereocenters. The molecule has 1 aliphatic carbocycles. The number of rotatable bonds is 3. The average molecular weight is 233 g/mol. The van der Waals surface area contributed by atoms with Gasteiger partial charge in [0.2, 0.25) is 0 Å². The largest absolute Gasteiger partial charge is 0.491 e. The monoisotopic (exact) mass is 233 g/mol. The maximum Gasteiger partial charge on any atom is 0.122 e. The minimum absolute atomic E-state index is 0.195. The summed E-state index contributed by atoms with van der Waals surface area (Å²) in [5.74, 6) is 1.06. The fourth-order valence-corrected chi connectivity index (χ4v) is 2.63. The molecular weight excluding hydrogens is 214 g/mol. The molecular formula is C14H19NO2. The maximum absolute atomic E-state index is 5.92. The Morgan fingerprint density at radius 1 is 1.35 bits per heavy atom. The number of morpholine rings is 1. The van der Waals surface area contributed by atoms with Gasteiger partial charge in [-0.3, -0.25) is 0 Å². The number of benzene rings is 1. The summed E-state index contributed by atoms with van der Waals surface area (Å²) >= 11 is 0. The molecule has 1 aliphatic heterocycles. The number of hydrogen-bond acceptors (Lipinski definition) is 3. The van der Waals surface area contributed by atoms with Gasteiger partial charge in [0.15, 0.2) is 0 Å². The van der Waals surface area contributed by atoms with Crippen LogP contribution in [-0.2, 0) is 17.6 Å². The second-order valence-electron chi connectivity index (χ2n) is 4.76. The predicted molar refractivity (Wildman–Crippen MR) is 66.6 cm³/mol. The van der Waals surface area contributed by atoms with Crippen molar-refractivity contribution in [2.24, 2.45) is 0 Å². The molecule has 0 amide bonds. The van der Waals surface area contributed by atoms with Crippen LogP contribution in [0.4, 0.5) is 0 Å². The number of hydrogen-bond donors (Lipinski definition) is 1. The van der Waals surface area contributed by atoms with E-state index in [1.807, 2.05) is 0 Å². The highest BCUT2D eigenvalue weighted by atomic mass is 16.5. The van der Waals surface area contributed by atoms with Gasteiger partial charge < -0.3 is 14.8 Å². The van der Waals surface area contributed by atoms with E-state index in [1.165, 1.54) is 24.0 Å². The van der Waals surface area contributed by atoms with Crippen LogP contribution in [0.5, 0.6) is 5.75 Å². The first-order valence-corrected chi connectivity index (χ1v) is 6.49. The lowest BCUT2D eigenvalue weighted by Crippen LogP contribution is -2.41. The molecule has 1 atom stereocenters. The molecule has 0 aromatic heterocycles. The Morgan fingerprint density at radius 3 is 3.24 bits per heavy atom. The molecule has 3 heteroatoms. The highest BCUT2D eigenvalue weighted by Gasteiger charge is 2.18. The molecule has 0 bridgehead atoms. The molecule has 3 rings (SSSR count). The second kappa shape index (κ2) is 5.07. The molecule has 3 nitrogen and oxygen atoms in total. The highest BCUT2D eigenvalue weighted by Crippen LogP contribution is 2.30. The van der Waals surface area contributed by atoms with E-state index in [-0.39, 0.29) is 6.10 Å². The van der Waals surface area contributed by atoms with Crippen LogP contribution in [0.25, 0.3) is 0 Å². The number of aryl methyl sites for hydroxylation is 1. The number of nitrogens with one attached hydrogen (secondary N) is 1. The summed E-state index contributed by atoms with van der Waals surface area (Å²) in [6.07, 6.45) is 3.82. The zero-order chi connectivity index (χ0) is 11.5. The maximum atomic E-state index is 5.92. The van der Waals surface area contributed by atoms with E-state index in [1.54, 1.807) is 0 Å². The van der Waals surface area contributed by atoms with Crippen molar-refractivity contribution < 1.29 is 9.47 Å². The molecule has 0 spiro atoms. The van der Waals surface area contributed by atoms with Crippen molar-refractivity contribution in [3.05, 3.63) is 29.3 Å². The molecule has 1 fully saturated rings. The van der Waals surface area contributed by atoms with Crippen LogP contribution in [0.1, 0.15) is 17.5 Å². The van der Waals surface area contributed by atoms with E-state index in [4.69, 9.17) is 9.47 Å². The standard InChI is InChI=1S/C14H19NO2/c1-3-11-4-2-6-14(13(11)5-1)17-10-12-9-15-7-8-16-12/h2,4,6,12,15H,1,3,5,7-10H2/t12-/m0/s1. The summed E-state index contributed by atoms with van der Waals surface area (Å²) < 4.78 is 11.6. The summed E-state index contributed by atoms with van der Waals surface area (Å²) in [7, 11) is 0. The van der Waals surface area contributed by atoms with Gasteiger partial charge in [0, 0.05) is 13.1 Å². The third-order valence-electron chi connectivity index (χ3n) is 3.53. The fraction of sp³-hybridized carbons (Fsp3) is 0.571. The van der Waals surface area contributed by atoms with Crippen LogP contribution < -0.4 is 10.1 Å². The number of ether oxygens (including phenoxy) is 2. The smallest absolute Gasteiger partial charge is 0.122 e. The third kappa shape index (κ3) is 2.45. The van der Waals surface area contributed by atoms with Crippen LogP contribution in [0.2, 0.25) is 0 Å². The minimum atomic E-state index is 0.195. The van der Waals surface area contributed by atoms with Gasteiger partial charge in [-0.2, -0.15) is 0 Å². The van der Waals surface area contributed by atoms with Crippen molar-refractivity contribution in [2.45, 2.75) is 25.4 Å². The molecule has 17 heavy (non-hydrogen) atoms. The Kier molecular flexibility index (Phi) is 3.29. The zero-order valence-corrected chi connectivity index (χ0v) is 10.1. The summed E-state index contributed by atoms with van der Waals surface area (Å²) in [6.45, 7) is 3.30. The summed E-state index contributed by atoms with van der Waals surface area (Å²) in [4.78, 5) is 0. The normalized spacial score (nSPS) is 23.4. The van der Waals surface area contributed by atoms with Crippen LogP contribution in [0, 0.1) is 0 Å². The van der Waals surface area contributed by atoms with Gasteiger partial charge in [-0.25, -0.2) is 0 Å². The first-order valence-electron chi connectivity index (χ1n) is 6.49. The molecule has 1 aromatic rings. The lowest BCUT2D eigenvalue weighted by molar-refractivity contribution is 0.0000277. The van der Waals surface area contributed by atoms with Gasteiger partial charge in [0.1, 0.15) is 18.5 Å². The van der Waals surface area contributed by atoms with Gasteiger partial charge in [-0.1, -0.05) is 12.1 Å². The van der Waals surface area contributed by atoms with Gasteiger partial charge in [0.25, 0.3) is 0 Å². The van der Waals surface area contributed by atoms with E-state index in [2.05, 4.69) is 23.5 Å². The zero-order valence-electron chi connectivity index (χ0n) is 10.1. The Morgan fingerprint density at radius 2 is 2.35 bits per heavy atom. The lowest BCUT2D eigenvalue weighted by Gasteiger charge is -2.24. The predicted octanol–water partition coefficient (Wildman–Crippen LogP) is 1.54. The minimum Gasteiger partial charge on any atom is -0.491 e. The lowest BCUT2D eigenvalue weighted by atomic mass is 10.1. The van der Waals surface area contributed by atoms with Gasteiger partial charge in [-0.05, 0) is 36.5 Å². The Labute approximate surface area is 102 Å². The van der Waals surface area contributed by atoms with Crippen molar-refractivity contribution in [2.75, 3.05) is 26.3 Å². The van der Waals surface area contributed by atoms with Crippen LogP contribution in [0.15, 0.2) is 18.2 Å². The Balaban J connectivity index is 1.63. The molecule has 1 N–H and O–H groups in total. The summed E-state index contributed by atoms with van der Waals surface area (Å²) in [5, 5.41) is 3.32. The van der Waals surface area contributed by atoms with E-state index in [0.29, 0.717) is 6.61 Å². The molecule has 2 aliphatic rings. The van der Waals surface area contributed by atoms with Crippen molar-refractivity contribution in [3.63, 3.8) is 0 Å². The molecule has 1 heterocycles.